The van der Waals surface area contributed by atoms with E-state index in [-0.39, 0.29) is 6.04 Å². The van der Waals surface area contributed by atoms with Gasteiger partial charge in [0.25, 0.3) is 0 Å². The van der Waals surface area contributed by atoms with E-state index in [1.165, 1.54) is 22.3 Å². The predicted molar refractivity (Wildman–Crippen MR) is 83.3 cm³/mol. The van der Waals surface area contributed by atoms with Gasteiger partial charge in [-0.3, -0.25) is 16.3 Å². The zero-order valence-corrected chi connectivity index (χ0v) is 12.5. The molecule has 0 fully saturated rings. The predicted octanol–water partition coefficient (Wildman–Crippen LogP) is 3.01. The molecule has 0 bridgehead atoms. The van der Waals surface area contributed by atoms with Crippen LogP contribution in [0.25, 0.3) is 0 Å². The van der Waals surface area contributed by atoms with Gasteiger partial charge in [-0.25, -0.2) is 0 Å². The van der Waals surface area contributed by atoms with Gasteiger partial charge in [-0.1, -0.05) is 36.8 Å². The Kier molecular flexibility index (Phi) is 4.88. The molecule has 3 N–H and O–H groups in total. The highest BCUT2D eigenvalue weighted by Crippen LogP contribution is 2.22. The molecule has 106 valence electrons. The lowest BCUT2D eigenvalue weighted by Crippen LogP contribution is -2.30. The molecule has 2 rings (SSSR count). The van der Waals surface area contributed by atoms with Crippen LogP contribution in [-0.4, -0.2) is 4.98 Å². The van der Waals surface area contributed by atoms with Gasteiger partial charge in [-0.2, -0.15) is 0 Å². The number of rotatable bonds is 5. The van der Waals surface area contributed by atoms with Crippen LogP contribution >= 0.6 is 0 Å². The highest BCUT2D eigenvalue weighted by Gasteiger charge is 2.14. The van der Waals surface area contributed by atoms with E-state index in [1.807, 2.05) is 6.20 Å². The number of aromatic nitrogens is 1. The van der Waals surface area contributed by atoms with Crippen molar-refractivity contribution in [2.45, 2.75) is 39.7 Å². The van der Waals surface area contributed by atoms with Crippen LogP contribution in [0.4, 0.5) is 0 Å². The van der Waals surface area contributed by atoms with E-state index in [0.717, 1.165) is 18.5 Å². The topological polar surface area (TPSA) is 50.9 Å². The molecule has 3 nitrogen and oxygen atoms in total. The lowest BCUT2D eigenvalue weighted by atomic mass is 9.96. The van der Waals surface area contributed by atoms with Crippen molar-refractivity contribution in [1.29, 1.82) is 0 Å². The maximum absolute atomic E-state index is 5.75. The lowest BCUT2D eigenvalue weighted by Gasteiger charge is -2.19. The first-order chi connectivity index (χ1) is 9.63. The quantitative estimate of drug-likeness (QED) is 0.648. The van der Waals surface area contributed by atoms with Crippen molar-refractivity contribution in [3.8, 4) is 0 Å². The molecule has 2 aromatic rings. The molecule has 0 radical (unpaired) electrons. The summed E-state index contributed by atoms with van der Waals surface area (Å²) >= 11 is 0. The standard InChI is InChI=1S/C17H23N3/c1-4-14-7-8-15(19-11-14)10-17(20-18)16-9-12(2)5-6-13(16)3/h5-9,11,17,20H,4,10,18H2,1-3H3. The Morgan fingerprint density at radius 1 is 1.20 bits per heavy atom. The number of hydrogen-bond acceptors (Lipinski definition) is 3. The van der Waals surface area contributed by atoms with Crippen molar-refractivity contribution in [1.82, 2.24) is 10.4 Å². The van der Waals surface area contributed by atoms with Crippen LogP contribution in [0.5, 0.6) is 0 Å². The molecule has 0 amide bonds. The van der Waals surface area contributed by atoms with Gasteiger partial charge in [-0.15, -0.1) is 0 Å². The summed E-state index contributed by atoms with van der Waals surface area (Å²) in [6.45, 7) is 6.36. The fraction of sp³-hybridized carbons (Fsp3) is 0.353. The fourth-order valence-electron chi connectivity index (χ4n) is 2.39. The summed E-state index contributed by atoms with van der Waals surface area (Å²) in [5, 5.41) is 0. The second-order valence-electron chi connectivity index (χ2n) is 5.29. The summed E-state index contributed by atoms with van der Waals surface area (Å²) in [4.78, 5) is 4.52. The van der Waals surface area contributed by atoms with E-state index in [1.54, 1.807) is 0 Å². The minimum Gasteiger partial charge on any atom is -0.271 e. The molecule has 1 aromatic carbocycles. The highest BCUT2D eigenvalue weighted by molar-refractivity contribution is 5.33. The summed E-state index contributed by atoms with van der Waals surface area (Å²) in [6, 6.07) is 10.8. The molecule has 0 aliphatic heterocycles. The number of aryl methyl sites for hydroxylation is 3. The van der Waals surface area contributed by atoms with Crippen molar-refractivity contribution in [2.75, 3.05) is 0 Å². The van der Waals surface area contributed by atoms with Crippen LogP contribution in [0.3, 0.4) is 0 Å². The molecule has 1 unspecified atom stereocenters. The van der Waals surface area contributed by atoms with Crippen molar-refractivity contribution in [2.24, 2.45) is 5.84 Å². The molecular formula is C17H23N3. The Balaban J connectivity index is 2.21. The summed E-state index contributed by atoms with van der Waals surface area (Å²) < 4.78 is 0. The van der Waals surface area contributed by atoms with Crippen molar-refractivity contribution >= 4 is 0 Å². The minimum atomic E-state index is 0.0925. The molecular weight excluding hydrogens is 246 g/mol. The van der Waals surface area contributed by atoms with Crippen LogP contribution in [0, 0.1) is 13.8 Å². The van der Waals surface area contributed by atoms with Gasteiger partial charge < -0.3 is 0 Å². The van der Waals surface area contributed by atoms with E-state index < -0.39 is 0 Å². The lowest BCUT2D eigenvalue weighted by molar-refractivity contribution is 0.543. The normalized spacial score (nSPS) is 12.4. The smallest absolute Gasteiger partial charge is 0.0518 e. The first-order valence-corrected chi connectivity index (χ1v) is 7.11. The maximum Gasteiger partial charge on any atom is 0.0518 e. The number of benzene rings is 1. The molecule has 0 saturated carbocycles. The maximum atomic E-state index is 5.75. The van der Waals surface area contributed by atoms with Gasteiger partial charge in [0.1, 0.15) is 0 Å². The van der Waals surface area contributed by atoms with Crippen molar-refractivity contribution in [3.63, 3.8) is 0 Å². The molecule has 1 aromatic heterocycles. The van der Waals surface area contributed by atoms with Gasteiger partial charge in [0.2, 0.25) is 0 Å². The number of pyridine rings is 1. The summed E-state index contributed by atoms with van der Waals surface area (Å²) in [5.74, 6) is 5.75. The third-order valence-electron chi connectivity index (χ3n) is 3.72. The van der Waals surface area contributed by atoms with Gasteiger partial charge in [0.15, 0.2) is 0 Å². The van der Waals surface area contributed by atoms with Crippen molar-refractivity contribution < 1.29 is 0 Å². The number of nitrogens with zero attached hydrogens (tertiary/aromatic N) is 1. The zero-order valence-electron chi connectivity index (χ0n) is 12.5. The molecule has 0 spiro atoms. The third kappa shape index (κ3) is 3.44. The Hall–Kier alpha value is -1.71. The number of nitrogens with one attached hydrogen (secondary N) is 1. The van der Waals surface area contributed by atoms with Crippen LogP contribution < -0.4 is 11.3 Å². The van der Waals surface area contributed by atoms with Crippen LogP contribution in [0.15, 0.2) is 36.5 Å². The Bertz CT molecular complexity index is 561. The van der Waals surface area contributed by atoms with E-state index >= 15 is 0 Å². The molecule has 0 saturated heterocycles. The molecule has 20 heavy (non-hydrogen) atoms. The molecule has 1 heterocycles. The Labute approximate surface area is 121 Å². The largest absolute Gasteiger partial charge is 0.271 e. The van der Waals surface area contributed by atoms with E-state index in [0.29, 0.717) is 0 Å². The SMILES string of the molecule is CCc1ccc(CC(NN)c2cc(C)ccc2C)nc1. The van der Waals surface area contributed by atoms with E-state index in [9.17, 15) is 0 Å². The zero-order chi connectivity index (χ0) is 14.5. The summed E-state index contributed by atoms with van der Waals surface area (Å²) in [5.41, 5.74) is 8.99. The van der Waals surface area contributed by atoms with Crippen LogP contribution in [-0.2, 0) is 12.8 Å². The number of hydrazine groups is 1. The van der Waals surface area contributed by atoms with Crippen molar-refractivity contribution in [3.05, 3.63) is 64.5 Å². The molecule has 3 heteroatoms. The van der Waals surface area contributed by atoms with Gasteiger partial charge in [0.05, 0.1) is 6.04 Å². The van der Waals surface area contributed by atoms with Crippen LogP contribution in [0.2, 0.25) is 0 Å². The van der Waals surface area contributed by atoms with E-state index in [2.05, 4.69) is 61.5 Å². The first kappa shape index (κ1) is 14.7. The second-order valence-corrected chi connectivity index (χ2v) is 5.29. The Morgan fingerprint density at radius 2 is 2.00 bits per heavy atom. The van der Waals surface area contributed by atoms with Gasteiger partial charge in [0, 0.05) is 18.3 Å². The molecule has 0 aliphatic rings. The minimum absolute atomic E-state index is 0.0925. The number of nitrogens with two attached hydrogens (primary N) is 1. The first-order valence-electron chi connectivity index (χ1n) is 7.11. The Morgan fingerprint density at radius 3 is 2.60 bits per heavy atom. The van der Waals surface area contributed by atoms with Gasteiger partial charge >= 0.3 is 0 Å². The second kappa shape index (κ2) is 6.64. The monoisotopic (exact) mass is 269 g/mol. The van der Waals surface area contributed by atoms with Gasteiger partial charge in [-0.05, 0) is 43.0 Å². The summed E-state index contributed by atoms with van der Waals surface area (Å²) in [7, 11) is 0. The average molecular weight is 269 g/mol. The molecule has 1 atom stereocenters. The number of hydrogen-bond donors (Lipinski definition) is 2. The highest BCUT2D eigenvalue weighted by atomic mass is 15.2. The summed E-state index contributed by atoms with van der Waals surface area (Å²) in [6.07, 6.45) is 3.76. The molecule has 0 aliphatic carbocycles. The van der Waals surface area contributed by atoms with E-state index in [4.69, 9.17) is 5.84 Å². The third-order valence-corrected chi connectivity index (χ3v) is 3.72. The van der Waals surface area contributed by atoms with Crippen LogP contribution in [0.1, 0.15) is 40.9 Å². The fourth-order valence-corrected chi connectivity index (χ4v) is 2.39. The average Bonchev–Trinajstić information content (AvgIpc) is 2.48.